The van der Waals surface area contributed by atoms with E-state index in [0.717, 1.165) is 40.5 Å². The van der Waals surface area contributed by atoms with E-state index < -0.39 is 0 Å². The Kier molecular flexibility index (Phi) is 4.50. The summed E-state index contributed by atoms with van der Waals surface area (Å²) in [6.07, 6.45) is 0.843. The minimum Gasteiger partial charge on any atom is -0.453 e. The van der Waals surface area contributed by atoms with Crippen molar-refractivity contribution in [2.45, 2.75) is 13.3 Å². The lowest BCUT2D eigenvalue weighted by atomic mass is 9.86. The van der Waals surface area contributed by atoms with Gasteiger partial charge in [0.15, 0.2) is 11.5 Å². The van der Waals surface area contributed by atoms with E-state index in [9.17, 15) is 0 Å². The molecule has 0 aliphatic carbocycles. The highest BCUT2D eigenvalue weighted by Gasteiger charge is 2.25. The van der Waals surface area contributed by atoms with Gasteiger partial charge >= 0.3 is 0 Å². The maximum absolute atomic E-state index is 6.39. The normalized spacial score (nSPS) is 12.1. The minimum atomic E-state index is 0.843. The van der Waals surface area contributed by atoms with Gasteiger partial charge < -0.3 is 4.74 Å². The number of para-hydroxylation sites is 1. The summed E-state index contributed by atoms with van der Waals surface area (Å²) in [6, 6.07) is 41.0. The van der Waals surface area contributed by atoms with Gasteiger partial charge in [0.05, 0.1) is 11.2 Å². The van der Waals surface area contributed by atoms with E-state index in [-0.39, 0.29) is 0 Å². The molecule has 2 heterocycles. The number of hydrogen-bond donors (Lipinski definition) is 0. The number of nitrogens with zero attached hydrogens (tertiary/aromatic N) is 2. The van der Waals surface area contributed by atoms with Crippen molar-refractivity contribution in [3.63, 3.8) is 0 Å². The highest BCUT2D eigenvalue weighted by atomic mass is 16.5. The van der Waals surface area contributed by atoms with Crippen LogP contribution in [-0.2, 0) is 6.42 Å². The molecule has 0 bridgehead atoms. The van der Waals surface area contributed by atoms with Crippen molar-refractivity contribution < 1.29 is 4.74 Å². The van der Waals surface area contributed by atoms with Gasteiger partial charge in [0.25, 0.3) is 0 Å². The summed E-state index contributed by atoms with van der Waals surface area (Å²) in [7, 11) is 0. The van der Waals surface area contributed by atoms with Crippen molar-refractivity contribution >= 4 is 32.6 Å². The van der Waals surface area contributed by atoms with Crippen LogP contribution in [0.2, 0.25) is 0 Å². The third-order valence-electron chi connectivity index (χ3n) is 7.73. The first-order valence-corrected chi connectivity index (χ1v) is 13.1. The second-order valence-corrected chi connectivity index (χ2v) is 9.83. The van der Waals surface area contributed by atoms with Gasteiger partial charge in [0.2, 0.25) is 0 Å². The minimum absolute atomic E-state index is 0.843. The van der Waals surface area contributed by atoms with Gasteiger partial charge in [-0.2, -0.15) is 0 Å². The first-order chi connectivity index (χ1) is 18.8. The summed E-state index contributed by atoms with van der Waals surface area (Å²) in [6.45, 7) is 2.16. The molecule has 0 radical (unpaired) electrons. The summed E-state index contributed by atoms with van der Waals surface area (Å²) in [5.74, 6) is 2.76. The topological polar surface area (TPSA) is 27.1 Å². The standard InChI is InChI=1S/C35H24N2O/c1-2-32-36-28-17-10-18-31-35(28)37(32)29-21-23(19-20-30(29)38-31)34-26-15-8-6-13-24(26)33(22-11-4-3-5-12-22)25-14-7-9-16-27(25)34/h3-21H,2H2,1H3. The summed E-state index contributed by atoms with van der Waals surface area (Å²) < 4.78 is 8.68. The molecule has 7 aromatic rings. The predicted molar refractivity (Wildman–Crippen MR) is 156 cm³/mol. The zero-order chi connectivity index (χ0) is 25.2. The smallest absolute Gasteiger partial charge is 0.153 e. The van der Waals surface area contributed by atoms with Crippen LogP contribution in [0.15, 0.2) is 115 Å². The van der Waals surface area contributed by atoms with Crippen molar-refractivity contribution in [2.24, 2.45) is 0 Å². The van der Waals surface area contributed by atoms with E-state index in [4.69, 9.17) is 9.72 Å². The molecule has 0 fully saturated rings. The van der Waals surface area contributed by atoms with Gasteiger partial charge in [-0.3, -0.25) is 4.57 Å². The quantitative estimate of drug-likeness (QED) is 0.232. The monoisotopic (exact) mass is 488 g/mol. The Labute approximate surface area is 220 Å². The number of rotatable bonds is 3. The molecule has 1 aliphatic rings. The molecule has 3 nitrogen and oxygen atoms in total. The molecule has 0 amide bonds. The van der Waals surface area contributed by atoms with Gasteiger partial charge in [-0.15, -0.1) is 0 Å². The maximum Gasteiger partial charge on any atom is 0.153 e. The average Bonchev–Trinajstić information content (AvgIpc) is 3.37. The van der Waals surface area contributed by atoms with Crippen molar-refractivity contribution in [2.75, 3.05) is 0 Å². The second kappa shape index (κ2) is 8.06. The van der Waals surface area contributed by atoms with E-state index in [1.54, 1.807) is 0 Å². The molecule has 1 aliphatic heterocycles. The lowest BCUT2D eigenvalue weighted by Gasteiger charge is -2.23. The molecular formula is C35H24N2O. The number of aromatic nitrogens is 2. The Bertz CT molecular complexity index is 1980. The largest absolute Gasteiger partial charge is 0.453 e. The Morgan fingerprint density at radius 2 is 1.24 bits per heavy atom. The molecule has 8 rings (SSSR count). The van der Waals surface area contributed by atoms with Crippen LogP contribution in [0.5, 0.6) is 11.5 Å². The molecule has 0 saturated heterocycles. The Balaban J connectivity index is 1.46. The van der Waals surface area contributed by atoms with Crippen molar-refractivity contribution in [3.8, 4) is 39.4 Å². The molecule has 0 saturated carbocycles. The van der Waals surface area contributed by atoms with Crippen LogP contribution in [-0.4, -0.2) is 9.55 Å². The fourth-order valence-corrected chi connectivity index (χ4v) is 6.13. The third-order valence-corrected chi connectivity index (χ3v) is 7.73. The Morgan fingerprint density at radius 1 is 0.605 bits per heavy atom. The number of fused-ring (bicyclic) bond motifs is 4. The molecule has 6 aromatic carbocycles. The van der Waals surface area contributed by atoms with Crippen LogP contribution in [0.3, 0.4) is 0 Å². The number of hydrogen-bond acceptors (Lipinski definition) is 2. The molecule has 1 aromatic heterocycles. The van der Waals surface area contributed by atoms with E-state index in [0.29, 0.717) is 0 Å². The first-order valence-electron chi connectivity index (χ1n) is 13.1. The van der Waals surface area contributed by atoms with Crippen molar-refractivity contribution in [3.05, 3.63) is 121 Å². The number of aryl methyl sites for hydroxylation is 1. The van der Waals surface area contributed by atoms with Crippen LogP contribution < -0.4 is 4.74 Å². The molecule has 0 unspecified atom stereocenters. The molecule has 0 spiro atoms. The van der Waals surface area contributed by atoms with Crippen LogP contribution >= 0.6 is 0 Å². The Morgan fingerprint density at radius 3 is 1.89 bits per heavy atom. The van der Waals surface area contributed by atoms with Gasteiger partial charge in [-0.1, -0.05) is 97.9 Å². The molecule has 0 N–H and O–H groups in total. The zero-order valence-electron chi connectivity index (χ0n) is 21.0. The predicted octanol–water partition coefficient (Wildman–Crippen LogP) is 9.33. The number of ether oxygens (including phenoxy) is 1. The number of benzene rings is 6. The Hall–Kier alpha value is -4.89. The van der Waals surface area contributed by atoms with E-state index >= 15 is 0 Å². The second-order valence-electron chi connectivity index (χ2n) is 9.83. The zero-order valence-corrected chi connectivity index (χ0v) is 21.0. The van der Waals surface area contributed by atoms with Crippen LogP contribution in [0.25, 0.3) is 60.5 Å². The highest BCUT2D eigenvalue weighted by molar-refractivity contribution is 6.21. The van der Waals surface area contributed by atoms with Crippen LogP contribution in [0.4, 0.5) is 0 Å². The average molecular weight is 489 g/mol. The fourth-order valence-electron chi connectivity index (χ4n) is 6.13. The summed E-state index contributed by atoms with van der Waals surface area (Å²) in [5, 5.41) is 5.00. The molecule has 0 atom stereocenters. The first kappa shape index (κ1) is 21.2. The van der Waals surface area contributed by atoms with E-state index in [1.165, 1.54) is 43.8 Å². The van der Waals surface area contributed by atoms with Crippen molar-refractivity contribution in [1.29, 1.82) is 0 Å². The lowest BCUT2D eigenvalue weighted by molar-refractivity contribution is 0.474. The molecule has 38 heavy (non-hydrogen) atoms. The third kappa shape index (κ3) is 2.93. The van der Waals surface area contributed by atoms with E-state index in [1.807, 2.05) is 12.1 Å². The van der Waals surface area contributed by atoms with E-state index in [2.05, 4.69) is 115 Å². The molecule has 180 valence electrons. The maximum atomic E-state index is 6.39. The van der Waals surface area contributed by atoms with Crippen LogP contribution in [0, 0.1) is 0 Å². The summed E-state index contributed by atoms with van der Waals surface area (Å²) in [5.41, 5.74) is 7.98. The van der Waals surface area contributed by atoms with Crippen molar-refractivity contribution in [1.82, 2.24) is 9.55 Å². The molecular weight excluding hydrogens is 464 g/mol. The van der Waals surface area contributed by atoms with Gasteiger partial charge in [0, 0.05) is 6.42 Å². The lowest BCUT2D eigenvalue weighted by Crippen LogP contribution is -2.07. The fraction of sp³-hybridized carbons (Fsp3) is 0.0571. The number of imidazole rings is 1. The van der Waals surface area contributed by atoms with Gasteiger partial charge in [-0.05, 0) is 68.1 Å². The highest BCUT2D eigenvalue weighted by Crippen LogP contribution is 2.47. The van der Waals surface area contributed by atoms with Crippen LogP contribution in [0.1, 0.15) is 12.7 Å². The summed E-state index contributed by atoms with van der Waals surface area (Å²) in [4.78, 5) is 4.93. The molecule has 3 heteroatoms. The van der Waals surface area contributed by atoms with Gasteiger partial charge in [-0.25, -0.2) is 4.98 Å². The SMILES string of the molecule is CCc1nc2cccc3c2n1-c1cc(-c2c4ccccc4c(-c4ccccc4)c4ccccc24)ccc1O3. The summed E-state index contributed by atoms with van der Waals surface area (Å²) >= 11 is 0. The van der Waals surface area contributed by atoms with Gasteiger partial charge in [0.1, 0.15) is 11.3 Å².